The van der Waals surface area contributed by atoms with Gasteiger partial charge in [-0.2, -0.15) is 5.26 Å². The van der Waals surface area contributed by atoms with Gasteiger partial charge in [0.1, 0.15) is 28.9 Å². The van der Waals surface area contributed by atoms with E-state index in [2.05, 4.69) is 20.8 Å². The van der Waals surface area contributed by atoms with E-state index >= 15 is 0 Å². The highest BCUT2D eigenvalue weighted by Crippen LogP contribution is 2.31. The molecule has 0 atom stereocenters. The molecule has 136 valence electrons. The van der Waals surface area contributed by atoms with Crippen LogP contribution >= 0.6 is 0 Å². The van der Waals surface area contributed by atoms with Gasteiger partial charge in [0.05, 0.1) is 9.85 Å². The van der Waals surface area contributed by atoms with Crippen molar-refractivity contribution in [1.29, 1.82) is 5.26 Å². The number of aromatic hydroxyl groups is 2. The van der Waals surface area contributed by atoms with Gasteiger partial charge in [-0.25, -0.2) is 0 Å². The highest BCUT2D eigenvalue weighted by Gasteiger charge is 2.11. The van der Waals surface area contributed by atoms with Gasteiger partial charge in [0.15, 0.2) is 0 Å². The van der Waals surface area contributed by atoms with Crippen molar-refractivity contribution in [3.8, 4) is 17.6 Å². The average molecular weight is 371 g/mol. The van der Waals surface area contributed by atoms with Crippen LogP contribution in [0.25, 0.3) is 0 Å². The number of azo groups is 1. The minimum Gasteiger partial charge on any atom is -0.506 e. The summed E-state index contributed by atoms with van der Waals surface area (Å²) < 4.78 is 0. The maximum atomic E-state index is 10.7. The fourth-order valence-electron chi connectivity index (χ4n) is 1.72. The van der Waals surface area contributed by atoms with E-state index < -0.39 is 21.4 Å². The number of hydrazone groups is 1. The molecule has 2 aromatic rings. The summed E-state index contributed by atoms with van der Waals surface area (Å²) in [5, 5.41) is 60.2. The molecule has 0 bridgehead atoms. The van der Waals surface area contributed by atoms with Crippen LogP contribution in [-0.4, -0.2) is 25.9 Å². The van der Waals surface area contributed by atoms with Gasteiger partial charge in [-0.05, 0) is 12.1 Å². The molecular weight excluding hydrogens is 362 g/mol. The number of nitro benzene ring substituents is 2. The molecular formula is C14H9N7O6. The zero-order valence-electron chi connectivity index (χ0n) is 13.2. The lowest BCUT2D eigenvalue weighted by atomic mass is 10.2. The van der Waals surface area contributed by atoms with E-state index in [0.717, 1.165) is 36.4 Å². The average Bonchev–Trinajstić information content (AvgIpc) is 2.63. The van der Waals surface area contributed by atoms with E-state index in [9.17, 15) is 30.4 Å². The van der Waals surface area contributed by atoms with Crippen molar-refractivity contribution >= 4 is 28.6 Å². The Kier molecular flexibility index (Phi) is 5.54. The Hall–Kier alpha value is -4.60. The van der Waals surface area contributed by atoms with Crippen molar-refractivity contribution in [3.63, 3.8) is 0 Å². The molecule has 0 saturated heterocycles. The number of phenols is 2. The summed E-state index contributed by atoms with van der Waals surface area (Å²) in [6.07, 6.45) is 0. The number of rotatable bonds is 5. The van der Waals surface area contributed by atoms with Gasteiger partial charge in [-0.1, -0.05) is 0 Å². The molecule has 0 aliphatic heterocycles. The first-order chi connectivity index (χ1) is 12.8. The summed E-state index contributed by atoms with van der Waals surface area (Å²) >= 11 is 0. The summed E-state index contributed by atoms with van der Waals surface area (Å²) in [5.74, 6) is -1.35. The van der Waals surface area contributed by atoms with Crippen molar-refractivity contribution in [3.05, 3.63) is 56.6 Å². The smallest absolute Gasteiger partial charge is 0.271 e. The molecule has 0 fully saturated rings. The van der Waals surface area contributed by atoms with Crippen LogP contribution in [0, 0.1) is 31.6 Å². The number of phenolic OH excluding ortho intramolecular Hbond substituents is 2. The maximum absolute atomic E-state index is 10.7. The number of hydrogen-bond donors (Lipinski definition) is 3. The lowest BCUT2D eigenvalue weighted by Crippen LogP contribution is -1.97. The lowest BCUT2D eigenvalue weighted by molar-refractivity contribution is -0.385. The van der Waals surface area contributed by atoms with Gasteiger partial charge in [-0.15, -0.1) is 15.3 Å². The van der Waals surface area contributed by atoms with E-state index in [1.807, 2.05) is 0 Å². The number of anilines is 1. The number of hydrogen-bond acceptors (Lipinski definition) is 10. The van der Waals surface area contributed by atoms with Crippen LogP contribution in [0.1, 0.15) is 0 Å². The van der Waals surface area contributed by atoms with Crippen LogP contribution in [0.4, 0.5) is 22.7 Å². The second kappa shape index (κ2) is 7.98. The first-order valence-corrected chi connectivity index (χ1v) is 6.92. The molecule has 0 amide bonds. The van der Waals surface area contributed by atoms with Crippen LogP contribution in [0.2, 0.25) is 0 Å². The molecule has 0 saturated carbocycles. The van der Waals surface area contributed by atoms with E-state index in [4.69, 9.17) is 5.26 Å². The molecule has 27 heavy (non-hydrogen) atoms. The molecule has 0 aliphatic carbocycles. The second-order valence-corrected chi connectivity index (χ2v) is 4.75. The van der Waals surface area contributed by atoms with Crippen molar-refractivity contribution in [2.24, 2.45) is 15.3 Å². The van der Waals surface area contributed by atoms with E-state index in [0.29, 0.717) is 0 Å². The Balaban J connectivity index is 2.26. The fourth-order valence-corrected chi connectivity index (χ4v) is 1.72. The van der Waals surface area contributed by atoms with E-state index in [-0.39, 0.29) is 28.5 Å². The summed E-state index contributed by atoms with van der Waals surface area (Å²) in [6, 6.07) is 7.70. The van der Waals surface area contributed by atoms with Gasteiger partial charge >= 0.3 is 0 Å². The predicted molar refractivity (Wildman–Crippen MR) is 90.7 cm³/mol. The van der Waals surface area contributed by atoms with Crippen LogP contribution in [0.15, 0.2) is 51.7 Å². The van der Waals surface area contributed by atoms with Gasteiger partial charge < -0.3 is 10.2 Å². The van der Waals surface area contributed by atoms with Crippen LogP contribution in [0.5, 0.6) is 11.5 Å². The summed E-state index contributed by atoms with van der Waals surface area (Å²) in [4.78, 5) is 20.1. The predicted octanol–water partition coefficient (Wildman–Crippen LogP) is 2.95. The highest BCUT2D eigenvalue weighted by molar-refractivity contribution is 5.97. The largest absolute Gasteiger partial charge is 0.506 e. The van der Waals surface area contributed by atoms with Crippen molar-refractivity contribution in [1.82, 2.24) is 0 Å². The van der Waals surface area contributed by atoms with Gasteiger partial charge in [0.2, 0.25) is 0 Å². The van der Waals surface area contributed by atoms with Crippen molar-refractivity contribution in [2.45, 2.75) is 0 Å². The number of non-ortho nitro benzene ring substituents is 2. The first-order valence-electron chi connectivity index (χ1n) is 6.92. The molecule has 13 heteroatoms. The van der Waals surface area contributed by atoms with Crippen LogP contribution in [-0.2, 0) is 0 Å². The zero-order chi connectivity index (χ0) is 20.0. The Morgan fingerprint density at radius 1 is 1.04 bits per heavy atom. The molecule has 0 spiro atoms. The number of nitrogens with zero attached hydrogens (tertiary/aromatic N) is 6. The highest BCUT2D eigenvalue weighted by atomic mass is 16.6. The maximum Gasteiger partial charge on any atom is 0.271 e. The number of nitriles is 1. The number of nitro groups is 2. The summed E-state index contributed by atoms with van der Waals surface area (Å²) in [7, 11) is 0. The van der Waals surface area contributed by atoms with E-state index in [1.54, 1.807) is 6.07 Å². The molecule has 3 N–H and O–H groups in total. The van der Waals surface area contributed by atoms with Gasteiger partial charge in [0.25, 0.3) is 17.2 Å². The standard InChI is InChI=1S/C14H9N7O6/c15-7-14(18-16-10-5-8(20(24)25)1-3-12(10)22)19-17-11-6-9(21(26)27)2-4-13(11)23/h1-6,16,22-23H/b18-14+,19-17?. The molecule has 0 aliphatic rings. The Labute approximate surface area is 149 Å². The Bertz CT molecular complexity index is 1010. The molecule has 0 heterocycles. The third-order valence-electron chi connectivity index (χ3n) is 3.00. The first kappa shape index (κ1) is 18.7. The monoisotopic (exact) mass is 371 g/mol. The summed E-state index contributed by atoms with van der Waals surface area (Å²) in [6.45, 7) is 0. The number of nitrogens with one attached hydrogen (secondary N) is 1. The molecule has 13 nitrogen and oxygen atoms in total. The van der Waals surface area contributed by atoms with Crippen LogP contribution < -0.4 is 5.43 Å². The van der Waals surface area contributed by atoms with Gasteiger partial charge in [-0.3, -0.25) is 25.7 Å². The normalized spacial score (nSPS) is 11.1. The Morgan fingerprint density at radius 2 is 1.63 bits per heavy atom. The number of amidine groups is 1. The molecule has 0 radical (unpaired) electrons. The molecule has 0 aromatic heterocycles. The third kappa shape index (κ3) is 4.70. The lowest BCUT2D eigenvalue weighted by Gasteiger charge is -2.02. The third-order valence-corrected chi connectivity index (χ3v) is 3.00. The van der Waals surface area contributed by atoms with Crippen LogP contribution in [0.3, 0.4) is 0 Å². The minimum absolute atomic E-state index is 0.162. The topological polar surface area (TPSA) is 200 Å². The number of benzene rings is 2. The molecule has 2 aromatic carbocycles. The van der Waals surface area contributed by atoms with Crippen molar-refractivity contribution in [2.75, 3.05) is 5.43 Å². The van der Waals surface area contributed by atoms with Crippen molar-refractivity contribution < 1.29 is 20.1 Å². The fraction of sp³-hybridized carbons (Fsp3) is 0. The molecule has 0 unspecified atom stereocenters. The SMILES string of the molecule is N#C/C(N=Nc1cc([N+](=O)[O-])ccc1O)=N\Nc1cc([N+](=O)[O-])ccc1O. The van der Waals surface area contributed by atoms with E-state index in [1.165, 1.54) is 0 Å². The Morgan fingerprint density at radius 3 is 2.22 bits per heavy atom. The van der Waals surface area contributed by atoms with Gasteiger partial charge in [0, 0.05) is 24.3 Å². The minimum atomic E-state index is -0.704. The molecule has 2 rings (SSSR count). The zero-order valence-corrected chi connectivity index (χ0v) is 13.2. The summed E-state index contributed by atoms with van der Waals surface area (Å²) in [5.41, 5.74) is 1.11. The quantitative estimate of drug-likeness (QED) is 0.178. The second-order valence-electron chi connectivity index (χ2n) is 4.75.